The molecule has 1 aromatic heterocycles. The molecule has 3 atom stereocenters. The lowest BCUT2D eigenvalue weighted by Crippen LogP contribution is -2.35. The lowest BCUT2D eigenvalue weighted by molar-refractivity contribution is 0.00785. The van der Waals surface area contributed by atoms with Gasteiger partial charge < -0.3 is 14.2 Å². The van der Waals surface area contributed by atoms with E-state index in [9.17, 15) is 0 Å². The van der Waals surface area contributed by atoms with E-state index < -0.39 is 0 Å². The van der Waals surface area contributed by atoms with Gasteiger partial charge in [-0.3, -0.25) is 9.88 Å². The summed E-state index contributed by atoms with van der Waals surface area (Å²) in [6.45, 7) is 4.95. The summed E-state index contributed by atoms with van der Waals surface area (Å²) < 4.78 is 16.9. The zero-order valence-corrected chi connectivity index (χ0v) is 11.9. The molecule has 3 rings (SSSR count). The first kappa shape index (κ1) is 13.9. The Hall–Kier alpha value is -1.01. The summed E-state index contributed by atoms with van der Waals surface area (Å²) in [5.41, 5.74) is 1.12. The molecule has 0 aliphatic carbocycles. The predicted molar refractivity (Wildman–Crippen MR) is 74.4 cm³/mol. The van der Waals surface area contributed by atoms with Gasteiger partial charge in [-0.2, -0.15) is 0 Å². The maximum atomic E-state index is 6.11. The molecule has 0 radical (unpaired) electrons. The second kappa shape index (κ2) is 6.63. The van der Waals surface area contributed by atoms with Gasteiger partial charge in [0, 0.05) is 44.6 Å². The lowest BCUT2D eigenvalue weighted by atomic mass is 10.0. The van der Waals surface area contributed by atoms with Crippen LogP contribution in [0.5, 0.6) is 0 Å². The zero-order chi connectivity index (χ0) is 13.8. The molecule has 0 saturated carbocycles. The third-order valence-electron chi connectivity index (χ3n) is 4.22. The minimum Gasteiger partial charge on any atom is -0.383 e. The van der Waals surface area contributed by atoms with Gasteiger partial charge in [-0.15, -0.1) is 0 Å². The normalized spacial score (nSPS) is 29.8. The van der Waals surface area contributed by atoms with Crippen LogP contribution in [0, 0.1) is 5.92 Å². The molecular weight excluding hydrogens is 256 g/mol. The van der Waals surface area contributed by atoms with E-state index >= 15 is 0 Å². The fourth-order valence-corrected chi connectivity index (χ4v) is 3.12. The van der Waals surface area contributed by atoms with Crippen molar-refractivity contribution in [3.63, 3.8) is 0 Å². The Kier molecular flexibility index (Phi) is 4.62. The molecule has 20 heavy (non-hydrogen) atoms. The van der Waals surface area contributed by atoms with E-state index in [1.54, 1.807) is 13.3 Å². The van der Waals surface area contributed by atoms with Crippen LogP contribution >= 0.6 is 0 Å². The molecule has 2 aliphatic rings. The lowest BCUT2D eigenvalue weighted by Gasteiger charge is -2.21. The van der Waals surface area contributed by atoms with Crippen molar-refractivity contribution < 1.29 is 14.2 Å². The predicted octanol–water partition coefficient (Wildman–Crippen LogP) is 0.944. The van der Waals surface area contributed by atoms with Crippen molar-refractivity contribution in [1.29, 1.82) is 0 Å². The molecule has 0 aromatic carbocycles. The Morgan fingerprint density at radius 1 is 1.45 bits per heavy atom. The van der Waals surface area contributed by atoms with Gasteiger partial charge in [0.15, 0.2) is 0 Å². The van der Waals surface area contributed by atoms with Gasteiger partial charge in [0.1, 0.15) is 0 Å². The summed E-state index contributed by atoms with van der Waals surface area (Å²) in [5, 5.41) is 0. The van der Waals surface area contributed by atoms with Crippen LogP contribution in [0.2, 0.25) is 0 Å². The van der Waals surface area contributed by atoms with Crippen molar-refractivity contribution in [2.75, 3.05) is 40.0 Å². The Bertz CT molecular complexity index is 415. The molecule has 5 heteroatoms. The van der Waals surface area contributed by atoms with Gasteiger partial charge in [0.2, 0.25) is 0 Å². The highest BCUT2D eigenvalue weighted by molar-refractivity contribution is 5.07. The first-order valence-electron chi connectivity index (χ1n) is 7.19. The summed E-state index contributed by atoms with van der Waals surface area (Å²) in [6.07, 6.45) is 3.90. The average molecular weight is 278 g/mol. The number of hydrogen-bond donors (Lipinski definition) is 0. The first-order chi connectivity index (χ1) is 9.88. The summed E-state index contributed by atoms with van der Waals surface area (Å²) in [6, 6.07) is 4.48. The maximum absolute atomic E-state index is 6.11. The molecule has 0 N–H and O–H groups in total. The Morgan fingerprint density at radius 3 is 3.20 bits per heavy atom. The van der Waals surface area contributed by atoms with E-state index in [0.29, 0.717) is 18.6 Å². The fourth-order valence-electron chi connectivity index (χ4n) is 3.12. The Labute approximate surface area is 119 Å². The highest BCUT2D eigenvalue weighted by atomic mass is 16.5. The van der Waals surface area contributed by atoms with Crippen LogP contribution in [0.1, 0.15) is 5.56 Å². The molecule has 0 amide bonds. The monoisotopic (exact) mass is 278 g/mol. The fraction of sp³-hybridized carbons (Fsp3) is 0.667. The summed E-state index contributed by atoms with van der Waals surface area (Å²) in [4.78, 5) is 6.56. The third-order valence-corrected chi connectivity index (χ3v) is 4.22. The number of hydrogen-bond acceptors (Lipinski definition) is 5. The molecule has 0 bridgehead atoms. The van der Waals surface area contributed by atoms with E-state index in [1.807, 2.05) is 18.3 Å². The largest absolute Gasteiger partial charge is 0.383 e. The Morgan fingerprint density at radius 2 is 2.40 bits per heavy atom. The van der Waals surface area contributed by atoms with E-state index in [0.717, 1.165) is 38.5 Å². The van der Waals surface area contributed by atoms with Crippen LogP contribution < -0.4 is 0 Å². The molecule has 2 saturated heterocycles. The summed E-state index contributed by atoms with van der Waals surface area (Å²) >= 11 is 0. The number of nitrogens with zero attached hydrogens (tertiary/aromatic N) is 2. The van der Waals surface area contributed by atoms with Gasteiger partial charge in [0.05, 0.1) is 32.5 Å². The van der Waals surface area contributed by atoms with E-state index in [2.05, 4.69) is 9.88 Å². The molecule has 2 aliphatic heterocycles. The van der Waals surface area contributed by atoms with Crippen LogP contribution in [0.15, 0.2) is 24.5 Å². The van der Waals surface area contributed by atoms with Crippen molar-refractivity contribution in [2.24, 2.45) is 5.92 Å². The quantitative estimate of drug-likeness (QED) is 0.775. The second-order valence-electron chi connectivity index (χ2n) is 5.47. The first-order valence-corrected chi connectivity index (χ1v) is 7.19. The number of fused-ring (bicyclic) bond motifs is 1. The number of ether oxygens (including phenoxy) is 3. The minimum absolute atomic E-state index is 0.250. The molecule has 0 unspecified atom stereocenters. The molecule has 110 valence electrons. The highest BCUT2D eigenvalue weighted by Crippen LogP contribution is 2.32. The number of likely N-dealkylation sites (tertiary alicyclic amines) is 1. The molecule has 5 nitrogen and oxygen atoms in total. The highest BCUT2D eigenvalue weighted by Gasteiger charge is 2.45. The maximum Gasteiger partial charge on any atom is 0.0772 e. The molecular formula is C15H22N2O3. The average Bonchev–Trinajstić information content (AvgIpc) is 3.07. The number of rotatable bonds is 6. The topological polar surface area (TPSA) is 43.8 Å². The van der Waals surface area contributed by atoms with Crippen LogP contribution in [-0.2, 0) is 20.8 Å². The molecule has 2 fully saturated rings. The van der Waals surface area contributed by atoms with Gasteiger partial charge in [-0.1, -0.05) is 6.07 Å². The third kappa shape index (κ3) is 3.01. The van der Waals surface area contributed by atoms with Gasteiger partial charge in [-0.25, -0.2) is 0 Å². The van der Waals surface area contributed by atoms with E-state index in [-0.39, 0.29) is 6.10 Å². The van der Waals surface area contributed by atoms with Gasteiger partial charge in [0.25, 0.3) is 0 Å². The SMILES string of the molecule is COCCN1C[C@@H](OCc2cccnc2)[C@@H]2COC[C@@H]21. The van der Waals surface area contributed by atoms with Crippen molar-refractivity contribution in [3.8, 4) is 0 Å². The van der Waals surface area contributed by atoms with Crippen LogP contribution in [-0.4, -0.2) is 62.0 Å². The number of methoxy groups -OCH3 is 1. The van der Waals surface area contributed by atoms with E-state index in [4.69, 9.17) is 14.2 Å². The second-order valence-corrected chi connectivity index (χ2v) is 5.47. The molecule has 1 aromatic rings. The summed E-state index contributed by atoms with van der Waals surface area (Å²) in [7, 11) is 1.75. The van der Waals surface area contributed by atoms with Gasteiger partial charge >= 0.3 is 0 Å². The zero-order valence-electron chi connectivity index (χ0n) is 11.9. The standard InChI is InChI=1S/C15H22N2O3/c1-18-6-5-17-8-15(13-10-19-11-14(13)17)20-9-12-3-2-4-16-7-12/h2-4,7,13-15H,5-6,8-11H2,1H3/t13-,14+,15-/m1/s1. The van der Waals surface area contributed by atoms with Gasteiger partial charge in [-0.05, 0) is 11.6 Å². The molecule has 0 spiro atoms. The van der Waals surface area contributed by atoms with Crippen LogP contribution in [0.3, 0.4) is 0 Å². The number of aromatic nitrogens is 1. The summed E-state index contributed by atoms with van der Waals surface area (Å²) in [5.74, 6) is 0.489. The van der Waals surface area contributed by atoms with Crippen LogP contribution in [0.4, 0.5) is 0 Å². The van der Waals surface area contributed by atoms with Crippen molar-refractivity contribution in [3.05, 3.63) is 30.1 Å². The van der Waals surface area contributed by atoms with Crippen molar-refractivity contribution in [1.82, 2.24) is 9.88 Å². The van der Waals surface area contributed by atoms with Crippen LogP contribution in [0.25, 0.3) is 0 Å². The Balaban J connectivity index is 1.56. The minimum atomic E-state index is 0.250. The smallest absolute Gasteiger partial charge is 0.0772 e. The number of pyridine rings is 1. The van der Waals surface area contributed by atoms with Crippen molar-refractivity contribution in [2.45, 2.75) is 18.8 Å². The van der Waals surface area contributed by atoms with Crippen molar-refractivity contribution >= 4 is 0 Å². The van der Waals surface area contributed by atoms with E-state index in [1.165, 1.54) is 0 Å². The molecule has 3 heterocycles.